The number of amides is 1. The van der Waals surface area contributed by atoms with Crippen molar-refractivity contribution in [1.82, 2.24) is 9.62 Å². The molecular weight excluding hydrogens is 342 g/mol. The molecule has 1 aliphatic rings. The van der Waals surface area contributed by atoms with Crippen molar-refractivity contribution in [2.24, 2.45) is 0 Å². The van der Waals surface area contributed by atoms with E-state index in [1.165, 1.54) is 4.31 Å². The van der Waals surface area contributed by atoms with Crippen LogP contribution >= 0.6 is 0 Å². The maximum atomic E-state index is 12.4. The predicted molar refractivity (Wildman–Crippen MR) is 98.5 cm³/mol. The molecule has 1 aromatic rings. The van der Waals surface area contributed by atoms with Crippen molar-refractivity contribution in [2.75, 3.05) is 50.5 Å². The molecule has 1 N–H and O–H groups in total. The summed E-state index contributed by atoms with van der Waals surface area (Å²) in [5.41, 5.74) is 0.980. The number of anilines is 1. The topological polar surface area (TPSA) is 79.0 Å². The number of sulfonamides is 1. The molecule has 7 nitrogen and oxygen atoms in total. The molecule has 0 aliphatic carbocycles. The number of benzene rings is 1. The van der Waals surface area contributed by atoms with Crippen molar-refractivity contribution < 1.29 is 17.9 Å². The molecule has 1 aliphatic heterocycles. The Hall–Kier alpha value is -1.80. The van der Waals surface area contributed by atoms with Crippen molar-refractivity contribution in [3.63, 3.8) is 0 Å². The van der Waals surface area contributed by atoms with Crippen molar-refractivity contribution in [3.05, 3.63) is 24.3 Å². The van der Waals surface area contributed by atoms with E-state index in [1.54, 1.807) is 7.11 Å². The third-order valence-electron chi connectivity index (χ3n) is 4.22. The number of piperazine rings is 1. The van der Waals surface area contributed by atoms with Crippen molar-refractivity contribution in [1.29, 1.82) is 0 Å². The fourth-order valence-corrected chi connectivity index (χ4v) is 4.20. The van der Waals surface area contributed by atoms with E-state index in [0.717, 1.165) is 17.9 Å². The number of para-hydroxylation sites is 2. The zero-order valence-electron chi connectivity index (χ0n) is 14.9. The van der Waals surface area contributed by atoms with Crippen LogP contribution in [0.25, 0.3) is 0 Å². The minimum atomic E-state index is -3.35. The molecular formula is C17H27N3O4S. The lowest BCUT2D eigenvalue weighted by atomic mass is 10.2. The number of nitrogens with one attached hydrogen (secondary N) is 1. The third kappa shape index (κ3) is 5.34. The van der Waals surface area contributed by atoms with Crippen LogP contribution in [0.1, 0.15) is 19.8 Å². The predicted octanol–water partition coefficient (Wildman–Crippen LogP) is 1.06. The third-order valence-corrected chi connectivity index (χ3v) is 6.09. The summed E-state index contributed by atoms with van der Waals surface area (Å²) in [5, 5.41) is 2.66. The van der Waals surface area contributed by atoms with Gasteiger partial charge in [-0.15, -0.1) is 0 Å². The first-order valence-electron chi connectivity index (χ1n) is 8.60. The lowest BCUT2D eigenvalue weighted by Gasteiger charge is -2.36. The first kappa shape index (κ1) is 19.5. The average Bonchev–Trinajstić information content (AvgIpc) is 2.62. The van der Waals surface area contributed by atoms with Gasteiger partial charge in [-0.25, -0.2) is 8.42 Å². The van der Waals surface area contributed by atoms with Crippen molar-refractivity contribution in [2.45, 2.75) is 19.8 Å². The highest BCUT2D eigenvalue weighted by Crippen LogP contribution is 2.28. The SMILES string of the molecule is CCCC(=O)NCCS(=O)(=O)N1CCN(c2ccccc2OC)CC1. The first-order valence-corrected chi connectivity index (χ1v) is 10.2. The van der Waals surface area contributed by atoms with Gasteiger partial charge in [-0.3, -0.25) is 4.79 Å². The monoisotopic (exact) mass is 369 g/mol. The molecule has 0 atom stereocenters. The van der Waals surface area contributed by atoms with Gasteiger partial charge in [0.15, 0.2) is 0 Å². The fourth-order valence-electron chi connectivity index (χ4n) is 2.86. The Morgan fingerprint density at radius 2 is 1.88 bits per heavy atom. The van der Waals surface area contributed by atoms with E-state index in [4.69, 9.17) is 4.74 Å². The first-order chi connectivity index (χ1) is 12.0. The summed E-state index contributed by atoms with van der Waals surface area (Å²) in [5.74, 6) is 0.632. The summed E-state index contributed by atoms with van der Waals surface area (Å²) >= 11 is 0. The van der Waals surface area contributed by atoms with E-state index in [0.29, 0.717) is 32.6 Å². The molecule has 0 saturated carbocycles. The Balaban J connectivity index is 1.87. The van der Waals surface area contributed by atoms with E-state index in [9.17, 15) is 13.2 Å². The fraction of sp³-hybridized carbons (Fsp3) is 0.588. The van der Waals surface area contributed by atoms with Crippen molar-refractivity contribution in [3.8, 4) is 5.75 Å². The van der Waals surface area contributed by atoms with Crippen LogP contribution in [0.3, 0.4) is 0 Å². The Morgan fingerprint density at radius 3 is 2.52 bits per heavy atom. The normalized spacial score (nSPS) is 15.8. The second kappa shape index (κ2) is 9.05. The van der Waals surface area contributed by atoms with Gasteiger partial charge < -0.3 is 15.0 Å². The van der Waals surface area contributed by atoms with Gasteiger partial charge in [0.05, 0.1) is 18.6 Å². The number of methoxy groups -OCH3 is 1. The van der Waals surface area contributed by atoms with Gasteiger partial charge >= 0.3 is 0 Å². The molecule has 2 rings (SSSR count). The van der Waals surface area contributed by atoms with Gasteiger partial charge in [0.25, 0.3) is 0 Å². The number of carbonyl (C=O) groups excluding carboxylic acids is 1. The Bertz CT molecular complexity index is 670. The van der Waals surface area contributed by atoms with Crippen LogP contribution in [0, 0.1) is 0 Å². The van der Waals surface area contributed by atoms with Crippen LogP contribution in [0.2, 0.25) is 0 Å². The molecule has 8 heteroatoms. The molecule has 0 unspecified atom stereocenters. The largest absolute Gasteiger partial charge is 0.495 e. The van der Waals surface area contributed by atoms with Crippen LogP contribution in [0.15, 0.2) is 24.3 Å². The van der Waals surface area contributed by atoms with Crippen LogP contribution in [-0.2, 0) is 14.8 Å². The van der Waals surface area contributed by atoms with E-state index < -0.39 is 10.0 Å². The van der Waals surface area contributed by atoms with Crippen LogP contribution in [0.4, 0.5) is 5.69 Å². The molecule has 140 valence electrons. The maximum absolute atomic E-state index is 12.4. The van der Waals surface area contributed by atoms with E-state index in [-0.39, 0.29) is 18.2 Å². The quantitative estimate of drug-likeness (QED) is 0.741. The Labute approximate surface area is 150 Å². The number of hydrogen-bond acceptors (Lipinski definition) is 5. The van der Waals surface area contributed by atoms with Crippen LogP contribution < -0.4 is 15.0 Å². The van der Waals surface area contributed by atoms with Gasteiger partial charge in [0.2, 0.25) is 15.9 Å². The maximum Gasteiger partial charge on any atom is 0.220 e. The lowest BCUT2D eigenvalue weighted by molar-refractivity contribution is -0.120. The average molecular weight is 369 g/mol. The standard InChI is InChI=1S/C17H27N3O4S/c1-3-6-17(21)18-9-14-25(22,23)20-12-10-19(11-13-20)15-7-4-5-8-16(15)24-2/h4-5,7-8H,3,6,9-14H2,1-2H3,(H,18,21). The van der Waals surface area contributed by atoms with Gasteiger partial charge in [-0.2, -0.15) is 4.31 Å². The molecule has 1 heterocycles. The molecule has 1 aromatic carbocycles. The molecule has 1 amide bonds. The minimum absolute atomic E-state index is 0.0584. The van der Waals surface area contributed by atoms with Gasteiger partial charge in [-0.1, -0.05) is 19.1 Å². The zero-order chi connectivity index (χ0) is 18.3. The second-order valence-corrected chi connectivity index (χ2v) is 8.06. The molecule has 0 bridgehead atoms. The van der Waals surface area contributed by atoms with E-state index in [2.05, 4.69) is 10.2 Å². The minimum Gasteiger partial charge on any atom is -0.495 e. The Morgan fingerprint density at radius 1 is 1.20 bits per heavy atom. The molecule has 1 saturated heterocycles. The van der Waals surface area contributed by atoms with Gasteiger partial charge in [0, 0.05) is 39.1 Å². The number of nitrogens with zero attached hydrogens (tertiary/aromatic N) is 2. The van der Waals surface area contributed by atoms with Crippen LogP contribution in [0.5, 0.6) is 5.75 Å². The summed E-state index contributed by atoms with van der Waals surface area (Å²) < 4.78 is 31.7. The second-order valence-electron chi connectivity index (χ2n) is 5.97. The summed E-state index contributed by atoms with van der Waals surface area (Å²) in [7, 11) is -1.72. The lowest BCUT2D eigenvalue weighted by Crippen LogP contribution is -2.50. The highest BCUT2D eigenvalue weighted by Gasteiger charge is 2.27. The Kier molecular flexibility index (Phi) is 7.07. The van der Waals surface area contributed by atoms with E-state index >= 15 is 0 Å². The summed E-state index contributed by atoms with van der Waals surface area (Å²) in [6.07, 6.45) is 1.18. The molecule has 25 heavy (non-hydrogen) atoms. The summed E-state index contributed by atoms with van der Waals surface area (Å²) in [6.45, 7) is 4.17. The van der Waals surface area contributed by atoms with Crippen molar-refractivity contribution >= 4 is 21.6 Å². The molecule has 1 fully saturated rings. The summed E-state index contributed by atoms with van der Waals surface area (Å²) in [6, 6.07) is 7.74. The smallest absolute Gasteiger partial charge is 0.220 e. The van der Waals surface area contributed by atoms with Gasteiger partial charge in [-0.05, 0) is 18.6 Å². The van der Waals surface area contributed by atoms with Gasteiger partial charge in [0.1, 0.15) is 5.75 Å². The van der Waals surface area contributed by atoms with Crippen LogP contribution in [-0.4, -0.2) is 64.2 Å². The zero-order valence-corrected chi connectivity index (χ0v) is 15.7. The summed E-state index contributed by atoms with van der Waals surface area (Å²) in [4.78, 5) is 13.6. The number of hydrogen-bond donors (Lipinski definition) is 1. The highest BCUT2D eigenvalue weighted by molar-refractivity contribution is 7.89. The highest BCUT2D eigenvalue weighted by atomic mass is 32.2. The number of rotatable bonds is 8. The number of carbonyl (C=O) groups is 1. The van der Waals surface area contributed by atoms with E-state index in [1.807, 2.05) is 31.2 Å². The molecule has 0 aromatic heterocycles. The molecule has 0 radical (unpaired) electrons. The number of ether oxygens (including phenoxy) is 1. The molecule has 0 spiro atoms.